The second kappa shape index (κ2) is 6.71. The highest BCUT2D eigenvalue weighted by molar-refractivity contribution is 9.10. The van der Waals surface area contributed by atoms with Crippen molar-refractivity contribution in [3.8, 4) is 11.3 Å². The summed E-state index contributed by atoms with van der Waals surface area (Å²) in [7, 11) is 0. The van der Waals surface area contributed by atoms with Crippen molar-refractivity contribution in [1.29, 1.82) is 0 Å². The molecule has 0 fully saturated rings. The van der Waals surface area contributed by atoms with E-state index in [4.69, 9.17) is 4.42 Å². The maximum atomic E-state index is 13.7. The molecule has 3 rings (SSSR count). The van der Waals surface area contributed by atoms with E-state index in [2.05, 4.69) is 31.8 Å². The molecule has 3 aromatic rings. The number of hydrogen-bond acceptors (Lipinski definition) is 3. The molecular formula is C16H11BrFN3O3. The third-order valence-corrected chi connectivity index (χ3v) is 3.61. The molecule has 0 saturated heterocycles. The average molecular weight is 392 g/mol. The fourth-order valence-electron chi connectivity index (χ4n) is 2.01. The van der Waals surface area contributed by atoms with Gasteiger partial charge in [-0.25, -0.2) is 4.39 Å². The van der Waals surface area contributed by atoms with Crippen LogP contribution in [-0.4, -0.2) is 16.8 Å². The smallest absolute Gasteiger partial charge is 0.305 e. The molecule has 1 aromatic carbocycles. The zero-order valence-corrected chi connectivity index (χ0v) is 13.7. The Morgan fingerprint density at radius 1 is 1.08 bits per heavy atom. The Morgan fingerprint density at radius 3 is 2.54 bits per heavy atom. The lowest BCUT2D eigenvalue weighted by molar-refractivity contribution is 0.0829. The van der Waals surface area contributed by atoms with Gasteiger partial charge in [-0.3, -0.25) is 20.4 Å². The van der Waals surface area contributed by atoms with Gasteiger partial charge in [0, 0.05) is 10.7 Å². The molecule has 0 aliphatic heterocycles. The molecule has 0 aliphatic rings. The van der Waals surface area contributed by atoms with E-state index in [0.717, 1.165) is 0 Å². The Morgan fingerprint density at radius 2 is 1.83 bits per heavy atom. The van der Waals surface area contributed by atoms with Gasteiger partial charge >= 0.3 is 5.91 Å². The van der Waals surface area contributed by atoms with Crippen LogP contribution in [0.3, 0.4) is 0 Å². The lowest BCUT2D eigenvalue weighted by Crippen LogP contribution is -2.41. The Labute approximate surface area is 144 Å². The van der Waals surface area contributed by atoms with Gasteiger partial charge in [0.05, 0.1) is 5.56 Å². The number of halogens is 2. The van der Waals surface area contributed by atoms with Crippen molar-refractivity contribution in [3.63, 3.8) is 0 Å². The van der Waals surface area contributed by atoms with Gasteiger partial charge in [-0.05, 0) is 46.3 Å². The van der Waals surface area contributed by atoms with E-state index in [-0.39, 0.29) is 22.8 Å². The summed E-state index contributed by atoms with van der Waals surface area (Å²) >= 11 is 3.20. The van der Waals surface area contributed by atoms with Gasteiger partial charge in [-0.1, -0.05) is 12.1 Å². The molecule has 2 aromatic heterocycles. The van der Waals surface area contributed by atoms with Crippen LogP contribution < -0.4 is 10.9 Å². The van der Waals surface area contributed by atoms with Crippen LogP contribution in [0, 0.1) is 5.82 Å². The van der Waals surface area contributed by atoms with E-state index in [0.29, 0.717) is 4.47 Å². The van der Waals surface area contributed by atoms with Crippen LogP contribution in [0.1, 0.15) is 21.0 Å². The molecule has 0 bridgehead atoms. The van der Waals surface area contributed by atoms with Gasteiger partial charge in [-0.2, -0.15) is 0 Å². The van der Waals surface area contributed by atoms with Crippen molar-refractivity contribution in [2.75, 3.05) is 0 Å². The summed E-state index contributed by atoms with van der Waals surface area (Å²) < 4.78 is 19.7. The number of hydrazine groups is 1. The summed E-state index contributed by atoms with van der Waals surface area (Å²) in [6.45, 7) is 0. The number of amides is 2. The molecule has 8 heteroatoms. The average Bonchev–Trinajstić information content (AvgIpc) is 3.22. The van der Waals surface area contributed by atoms with Crippen LogP contribution in [0.4, 0.5) is 4.39 Å². The van der Waals surface area contributed by atoms with E-state index in [1.807, 2.05) is 0 Å². The zero-order chi connectivity index (χ0) is 17.1. The van der Waals surface area contributed by atoms with Gasteiger partial charge in [0.2, 0.25) is 0 Å². The molecule has 2 heterocycles. The molecule has 0 atom stereocenters. The molecule has 0 saturated carbocycles. The van der Waals surface area contributed by atoms with Gasteiger partial charge in [0.1, 0.15) is 17.3 Å². The first-order valence-electron chi connectivity index (χ1n) is 6.84. The van der Waals surface area contributed by atoms with Crippen LogP contribution >= 0.6 is 15.9 Å². The second-order valence-corrected chi connectivity index (χ2v) is 5.70. The quantitative estimate of drug-likeness (QED) is 0.598. The Balaban J connectivity index is 1.66. The third-order valence-electron chi connectivity index (χ3n) is 3.15. The highest BCUT2D eigenvalue weighted by atomic mass is 79.9. The lowest BCUT2D eigenvalue weighted by atomic mass is 10.1. The predicted octanol–water partition coefficient (Wildman–Crippen LogP) is 3.25. The number of carbonyl (C=O) groups excluding carboxylic acids is 2. The number of hydrogen-bond donors (Lipinski definition) is 3. The summed E-state index contributed by atoms with van der Waals surface area (Å²) in [4.78, 5) is 26.5. The standard InChI is InChI=1S/C16H11BrFN3O3/c17-9-7-12(19-8-9)15(22)20-21-16(23)14-6-5-13(24-14)10-3-1-2-4-11(10)18/h1-8,19H,(H,20,22)(H,21,23). The predicted molar refractivity (Wildman–Crippen MR) is 87.5 cm³/mol. The van der Waals surface area contributed by atoms with Crippen molar-refractivity contribution in [2.45, 2.75) is 0 Å². The van der Waals surface area contributed by atoms with E-state index < -0.39 is 17.6 Å². The van der Waals surface area contributed by atoms with Crippen LogP contribution in [0.5, 0.6) is 0 Å². The lowest BCUT2D eigenvalue weighted by Gasteiger charge is -2.04. The Bertz CT molecular complexity index is 903. The highest BCUT2D eigenvalue weighted by Crippen LogP contribution is 2.24. The largest absolute Gasteiger partial charge is 0.451 e. The number of aromatic amines is 1. The number of aromatic nitrogens is 1. The van der Waals surface area contributed by atoms with Crippen molar-refractivity contribution < 1.29 is 18.4 Å². The second-order valence-electron chi connectivity index (χ2n) is 4.78. The molecule has 0 radical (unpaired) electrons. The minimum absolute atomic E-state index is 0.0544. The number of rotatable bonds is 3. The third kappa shape index (κ3) is 3.38. The monoisotopic (exact) mass is 391 g/mol. The maximum absolute atomic E-state index is 13.7. The SMILES string of the molecule is O=C(NNC(=O)c1ccc(-c2ccccc2F)o1)c1cc(Br)c[nH]1. The normalized spacial score (nSPS) is 10.4. The summed E-state index contributed by atoms with van der Waals surface area (Å²) in [5.41, 5.74) is 4.99. The summed E-state index contributed by atoms with van der Waals surface area (Å²) in [5.74, 6) is -1.46. The molecule has 3 N–H and O–H groups in total. The van der Waals surface area contributed by atoms with Crippen LogP contribution in [0.2, 0.25) is 0 Å². The Hall–Kier alpha value is -2.87. The number of nitrogens with one attached hydrogen (secondary N) is 3. The molecular weight excluding hydrogens is 381 g/mol. The molecule has 2 amide bonds. The molecule has 122 valence electrons. The van der Waals surface area contributed by atoms with Crippen molar-refractivity contribution in [1.82, 2.24) is 15.8 Å². The minimum Gasteiger partial charge on any atom is -0.451 e. The van der Waals surface area contributed by atoms with E-state index >= 15 is 0 Å². The van der Waals surface area contributed by atoms with Crippen molar-refractivity contribution in [2.24, 2.45) is 0 Å². The zero-order valence-electron chi connectivity index (χ0n) is 12.1. The maximum Gasteiger partial charge on any atom is 0.305 e. The fraction of sp³-hybridized carbons (Fsp3) is 0. The first-order chi connectivity index (χ1) is 11.5. The van der Waals surface area contributed by atoms with Crippen molar-refractivity contribution in [3.05, 3.63) is 70.4 Å². The molecule has 24 heavy (non-hydrogen) atoms. The topological polar surface area (TPSA) is 87.1 Å². The minimum atomic E-state index is -0.656. The van der Waals surface area contributed by atoms with E-state index in [9.17, 15) is 14.0 Å². The summed E-state index contributed by atoms with van der Waals surface area (Å²) in [6, 6.07) is 10.5. The first-order valence-corrected chi connectivity index (χ1v) is 7.63. The summed E-state index contributed by atoms with van der Waals surface area (Å²) in [5, 5.41) is 0. The van der Waals surface area contributed by atoms with Gasteiger partial charge in [-0.15, -0.1) is 0 Å². The number of carbonyl (C=O) groups is 2. The van der Waals surface area contributed by atoms with E-state index in [1.165, 1.54) is 18.2 Å². The number of H-pyrrole nitrogens is 1. The van der Waals surface area contributed by atoms with Crippen molar-refractivity contribution >= 4 is 27.7 Å². The molecule has 0 aliphatic carbocycles. The Kier molecular flexibility index (Phi) is 4.48. The van der Waals surface area contributed by atoms with Crippen LogP contribution in [-0.2, 0) is 0 Å². The molecule has 0 unspecified atom stereocenters. The number of furan rings is 1. The first kappa shape index (κ1) is 16.0. The molecule has 6 nitrogen and oxygen atoms in total. The van der Waals surface area contributed by atoms with Crippen LogP contribution in [0.25, 0.3) is 11.3 Å². The van der Waals surface area contributed by atoms with E-state index in [1.54, 1.807) is 30.5 Å². The van der Waals surface area contributed by atoms with Crippen LogP contribution in [0.15, 0.2) is 57.6 Å². The van der Waals surface area contributed by atoms with Gasteiger partial charge in [0.15, 0.2) is 5.76 Å². The molecule has 0 spiro atoms. The summed E-state index contributed by atoms with van der Waals surface area (Å²) in [6.07, 6.45) is 1.59. The van der Waals surface area contributed by atoms with Gasteiger partial charge < -0.3 is 9.40 Å². The van der Waals surface area contributed by atoms with Gasteiger partial charge in [0.25, 0.3) is 5.91 Å². The number of benzene rings is 1. The fourth-order valence-corrected chi connectivity index (χ4v) is 2.35. The highest BCUT2D eigenvalue weighted by Gasteiger charge is 2.15.